The molecule has 0 bridgehead atoms. The van der Waals surface area contributed by atoms with Crippen molar-refractivity contribution in [3.63, 3.8) is 0 Å². The largest absolute Gasteiger partial charge is 0.481 e. The van der Waals surface area contributed by atoms with Gasteiger partial charge in [0.05, 0.1) is 9.75 Å². The van der Waals surface area contributed by atoms with E-state index in [1.165, 1.54) is 11.3 Å². The summed E-state index contributed by atoms with van der Waals surface area (Å²) >= 11 is 7.49. The fraction of sp³-hybridized carbons (Fsp3) is 0.545. The summed E-state index contributed by atoms with van der Waals surface area (Å²) in [6.07, 6.45) is 1.27. The molecule has 0 atom stereocenters. The van der Waals surface area contributed by atoms with Crippen LogP contribution in [0.25, 0.3) is 0 Å². The number of hydrogen-bond donors (Lipinski definition) is 1. The van der Waals surface area contributed by atoms with Crippen molar-refractivity contribution in [3.05, 3.63) is 21.3 Å². The molecule has 1 aliphatic heterocycles. The van der Waals surface area contributed by atoms with Gasteiger partial charge in [-0.15, -0.1) is 11.3 Å². The van der Waals surface area contributed by atoms with E-state index >= 15 is 0 Å². The van der Waals surface area contributed by atoms with Gasteiger partial charge in [0, 0.05) is 0 Å². The third-order valence-corrected chi connectivity index (χ3v) is 4.55. The highest BCUT2D eigenvalue weighted by atomic mass is 35.5. The lowest BCUT2D eigenvalue weighted by Gasteiger charge is -2.37. The average molecular weight is 260 g/mol. The van der Waals surface area contributed by atoms with Crippen LogP contribution in [0.3, 0.4) is 0 Å². The Bertz CT molecular complexity index is 396. The molecular weight excluding hydrogens is 246 g/mol. The molecule has 0 amide bonds. The number of carboxylic acid groups (broad SMARTS) is 1. The zero-order valence-electron chi connectivity index (χ0n) is 9.07. The van der Waals surface area contributed by atoms with Crippen LogP contribution in [0.2, 0.25) is 4.34 Å². The quantitative estimate of drug-likeness (QED) is 0.887. The molecule has 0 aromatic carbocycles. The topological polar surface area (TPSA) is 40.5 Å². The highest BCUT2D eigenvalue weighted by molar-refractivity contribution is 7.14. The summed E-state index contributed by atoms with van der Waals surface area (Å²) in [6.45, 7) is 1.61. The molecule has 3 nitrogen and oxygen atoms in total. The van der Waals surface area contributed by atoms with Gasteiger partial charge < -0.3 is 10.0 Å². The molecule has 1 fully saturated rings. The van der Waals surface area contributed by atoms with Crippen LogP contribution in [0.15, 0.2) is 11.4 Å². The van der Waals surface area contributed by atoms with Crippen molar-refractivity contribution in [2.75, 3.05) is 20.1 Å². The molecule has 1 N–H and O–H groups in total. The van der Waals surface area contributed by atoms with Crippen LogP contribution in [0.5, 0.6) is 0 Å². The predicted molar refractivity (Wildman–Crippen MR) is 65.4 cm³/mol. The third kappa shape index (κ3) is 1.85. The number of piperidine rings is 1. The summed E-state index contributed by atoms with van der Waals surface area (Å²) in [5.74, 6) is -0.749. The van der Waals surface area contributed by atoms with Crippen molar-refractivity contribution in [1.82, 2.24) is 4.90 Å². The van der Waals surface area contributed by atoms with Crippen molar-refractivity contribution in [1.29, 1.82) is 0 Å². The predicted octanol–water partition coefficient (Wildman–Crippen LogP) is 2.45. The number of thiophene rings is 1. The summed E-state index contributed by atoms with van der Waals surface area (Å²) < 4.78 is 0.618. The Morgan fingerprint density at radius 2 is 2.19 bits per heavy atom. The first-order chi connectivity index (χ1) is 7.56. The van der Waals surface area contributed by atoms with Crippen LogP contribution >= 0.6 is 22.9 Å². The van der Waals surface area contributed by atoms with Crippen molar-refractivity contribution in [2.24, 2.45) is 0 Å². The van der Waals surface area contributed by atoms with Crippen LogP contribution in [0.1, 0.15) is 18.4 Å². The molecular formula is C11H14ClNO2S. The third-order valence-electron chi connectivity index (χ3n) is 3.38. The molecule has 2 heterocycles. The minimum absolute atomic E-state index is 0.618. The van der Waals surface area contributed by atoms with Crippen molar-refractivity contribution >= 4 is 28.9 Å². The first-order valence-electron chi connectivity index (χ1n) is 5.22. The maximum Gasteiger partial charge on any atom is 0.314 e. The number of likely N-dealkylation sites (tertiary alicyclic amines) is 1. The molecule has 0 saturated carbocycles. The molecule has 0 aliphatic carbocycles. The Kier molecular flexibility index (Phi) is 3.24. The molecule has 1 aromatic rings. The van der Waals surface area contributed by atoms with E-state index in [0.29, 0.717) is 17.2 Å². The number of aliphatic carboxylic acids is 1. The Hall–Kier alpha value is -0.580. The second kappa shape index (κ2) is 4.35. The molecule has 2 rings (SSSR count). The highest BCUT2D eigenvalue weighted by Crippen LogP contribution is 2.41. The average Bonchev–Trinajstić information content (AvgIpc) is 2.66. The lowest BCUT2D eigenvalue weighted by molar-refractivity contribution is -0.145. The summed E-state index contributed by atoms with van der Waals surface area (Å²) in [7, 11) is 2.01. The zero-order chi connectivity index (χ0) is 11.8. The zero-order valence-corrected chi connectivity index (χ0v) is 10.6. The molecule has 0 spiro atoms. The van der Waals surface area contributed by atoms with E-state index < -0.39 is 11.4 Å². The van der Waals surface area contributed by atoms with E-state index in [4.69, 9.17) is 11.6 Å². The molecule has 5 heteroatoms. The number of nitrogens with zero attached hydrogens (tertiary/aromatic N) is 1. The second-order valence-electron chi connectivity index (χ2n) is 4.30. The number of carbonyl (C=O) groups is 1. The van der Waals surface area contributed by atoms with Gasteiger partial charge in [-0.05, 0) is 50.0 Å². The van der Waals surface area contributed by atoms with Gasteiger partial charge in [-0.2, -0.15) is 0 Å². The lowest BCUT2D eigenvalue weighted by Crippen LogP contribution is -2.46. The minimum atomic E-state index is -0.774. The number of halogens is 1. The Morgan fingerprint density at radius 3 is 2.62 bits per heavy atom. The van der Waals surface area contributed by atoms with Crippen molar-refractivity contribution < 1.29 is 9.90 Å². The fourth-order valence-corrected chi connectivity index (χ4v) is 3.35. The molecule has 16 heavy (non-hydrogen) atoms. The van der Waals surface area contributed by atoms with E-state index in [2.05, 4.69) is 4.90 Å². The van der Waals surface area contributed by atoms with Crippen LogP contribution in [-0.4, -0.2) is 36.1 Å². The molecule has 1 saturated heterocycles. The standard InChI is InChI=1S/C11H14ClNO2S/c1-13-5-3-11(4-6-13,10(14)15)8-2-7-16-9(8)12/h2,7H,3-6H2,1H3,(H,14,15). The first-order valence-corrected chi connectivity index (χ1v) is 6.47. The first kappa shape index (κ1) is 11.9. The minimum Gasteiger partial charge on any atom is -0.481 e. The highest BCUT2D eigenvalue weighted by Gasteiger charge is 2.44. The Morgan fingerprint density at radius 1 is 1.56 bits per heavy atom. The SMILES string of the molecule is CN1CCC(C(=O)O)(c2ccsc2Cl)CC1. The number of carboxylic acids is 1. The van der Waals surface area contributed by atoms with Crippen LogP contribution in [-0.2, 0) is 10.2 Å². The van der Waals surface area contributed by atoms with Gasteiger partial charge in [-0.3, -0.25) is 4.79 Å². The normalized spacial score (nSPS) is 20.9. The van der Waals surface area contributed by atoms with Crippen LogP contribution in [0.4, 0.5) is 0 Å². The molecule has 1 aromatic heterocycles. The van der Waals surface area contributed by atoms with Gasteiger partial charge in [-0.25, -0.2) is 0 Å². The van der Waals surface area contributed by atoms with Gasteiger partial charge in [0.1, 0.15) is 0 Å². The van der Waals surface area contributed by atoms with Gasteiger partial charge in [0.25, 0.3) is 0 Å². The second-order valence-corrected chi connectivity index (χ2v) is 5.82. The van der Waals surface area contributed by atoms with Crippen LogP contribution < -0.4 is 0 Å². The van der Waals surface area contributed by atoms with Gasteiger partial charge in [-0.1, -0.05) is 11.6 Å². The monoisotopic (exact) mass is 259 g/mol. The molecule has 1 aliphatic rings. The summed E-state index contributed by atoms with van der Waals surface area (Å²) in [4.78, 5) is 13.7. The van der Waals surface area contributed by atoms with E-state index in [1.54, 1.807) is 0 Å². The summed E-state index contributed by atoms with van der Waals surface area (Å²) in [6, 6.07) is 1.85. The lowest BCUT2D eigenvalue weighted by atomic mass is 9.74. The van der Waals surface area contributed by atoms with Crippen LogP contribution in [0, 0.1) is 0 Å². The summed E-state index contributed by atoms with van der Waals surface area (Å²) in [5.41, 5.74) is 0.0172. The Labute approximate surface area is 104 Å². The van der Waals surface area contributed by atoms with Crippen molar-refractivity contribution in [2.45, 2.75) is 18.3 Å². The van der Waals surface area contributed by atoms with E-state index in [-0.39, 0.29) is 0 Å². The van der Waals surface area contributed by atoms with E-state index in [0.717, 1.165) is 18.7 Å². The fourth-order valence-electron chi connectivity index (χ4n) is 2.24. The maximum atomic E-state index is 11.6. The van der Waals surface area contributed by atoms with Gasteiger partial charge in [0.15, 0.2) is 0 Å². The number of hydrogen-bond acceptors (Lipinski definition) is 3. The van der Waals surface area contributed by atoms with Crippen molar-refractivity contribution in [3.8, 4) is 0 Å². The molecule has 0 radical (unpaired) electrons. The Balaban J connectivity index is 2.37. The maximum absolute atomic E-state index is 11.6. The number of rotatable bonds is 2. The van der Waals surface area contributed by atoms with Gasteiger partial charge >= 0.3 is 5.97 Å². The smallest absolute Gasteiger partial charge is 0.314 e. The van der Waals surface area contributed by atoms with E-state index in [1.807, 2.05) is 18.5 Å². The molecule has 0 unspecified atom stereocenters. The van der Waals surface area contributed by atoms with E-state index in [9.17, 15) is 9.90 Å². The molecule has 88 valence electrons. The van der Waals surface area contributed by atoms with Gasteiger partial charge in [0.2, 0.25) is 0 Å². The summed E-state index contributed by atoms with van der Waals surface area (Å²) in [5, 5.41) is 11.4.